The van der Waals surface area contributed by atoms with E-state index in [1.54, 1.807) is 34.1 Å². The van der Waals surface area contributed by atoms with Crippen LogP contribution in [0.1, 0.15) is 41.3 Å². The summed E-state index contributed by atoms with van der Waals surface area (Å²) in [6.07, 6.45) is 2.38. The maximum Gasteiger partial charge on any atom is 0.285 e. The van der Waals surface area contributed by atoms with Gasteiger partial charge in [0, 0.05) is 43.9 Å². The fraction of sp³-hybridized carbons (Fsp3) is 0.400. The SMILES string of the molecule is CCc1ccc(C(=O)N2CCN(C(=O)[C@@H]3CCCN3C3=NS(=O)(=O)c4ccccc43)CC2)cc1. The molecule has 3 aliphatic rings. The van der Waals surface area contributed by atoms with Crippen molar-refractivity contribution < 1.29 is 18.0 Å². The van der Waals surface area contributed by atoms with E-state index in [-0.39, 0.29) is 16.7 Å². The molecule has 0 aliphatic carbocycles. The lowest BCUT2D eigenvalue weighted by atomic mass is 10.1. The number of hydrogen-bond donors (Lipinski definition) is 0. The van der Waals surface area contributed by atoms with Gasteiger partial charge in [-0.15, -0.1) is 4.40 Å². The third-order valence-corrected chi connectivity index (χ3v) is 8.24. The molecule has 8 nitrogen and oxygen atoms in total. The minimum Gasteiger partial charge on any atom is -0.343 e. The van der Waals surface area contributed by atoms with E-state index in [1.807, 2.05) is 29.2 Å². The first-order valence-electron chi connectivity index (χ1n) is 11.8. The van der Waals surface area contributed by atoms with Crippen LogP contribution in [0.15, 0.2) is 57.8 Å². The number of nitrogens with zero attached hydrogens (tertiary/aromatic N) is 4. The Morgan fingerprint density at radius 3 is 2.32 bits per heavy atom. The second-order valence-electron chi connectivity index (χ2n) is 8.91. The zero-order valence-corrected chi connectivity index (χ0v) is 20.0. The fourth-order valence-electron chi connectivity index (χ4n) is 4.98. The number of amidine groups is 1. The predicted octanol–water partition coefficient (Wildman–Crippen LogP) is 2.15. The van der Waals surface area contributed by atoms with Gasteiger partial charge < -0.3 is 14.7 Å². The number of aryl methyl sites for hydroxylation is 1. The van der Waals surface area contributed by atoms with Crippen LogP contribution in [-0.2, 0) is 21.2 Å². The lowest BCUT2D eigenvalue weighted by Crippen LogP contribution is -2.55. The first-order valence-corrected chi connectivity index (χ1v) is 13.2. The fourth-order valence-corrected chi connectivity index (χ4v) is 6.20. The molecule has 2 amide bonds. The number of carbonyl (C=O) groups is 2. The zero-order chi connectivity index (χ0) is 23.9. The molecule has 3 aliphatic heterocycles. The largest absolute Gasteiger partial charge is 0.343 e. The number of hydrogen-bond acceptors (Lipinski definition) is 5. The monoisotopic (exact) mass is 480 g/mol. The van der Waals surface area contributed by atoms with E-state index in [0.717, 1.165) is 12.8 Å². The molecular formula is C25H28N4O4S. The van der Waals surface area contributed by atoms with E-state index >= 15 is 0 Å². The van der Waals surface area contributed by atoms with E-state index < -0.39 is 16.1 Å². The molecule has 0 bridgehead atoms. The van der Waals surface area contributed by atoms with E-state index in [2.05, 4.69) is 11.3 Å². The molecule has 2 aromatic carbocycles. The highest BCUT2D eigenvalue weighted by atomic mass is 32.2. The van der Waals surface area contributed by atoms with Crippen LogP contribution < -0.4 is 0 Å². The van der Waals surface area contributed by atoms with E-state index in [1.165, 1.54) is 5.56 Å². The van der Waals surface area contributed by atoms with Crippen molar-refractivity contribution in [1.29, 1.82) is 0 Å². The quantitative estimate of drug-likeness (QED) is 0.672. The van der Waals surface area contributed by atoms with Crippen LogP contribution >= 0.6 is 0 Å². The minimum atomic E-state index is -3.74. The van der Waals surface area contributed by atoms with Crippen LogP contribution in [0.25, 0.3) is 0 Å². The van der Waals surface area contributed by atoms with Crippen molar-refractivity contribution in [3.63, 3.8) is 0 Å². The molecule has 0 unspecified atom stereocenters. The van der Waals surface area contributed by atoms with Gasteiger partial charge >= 0.3 is 0 Å². The van der Waals surface area contributed by atoms with Gasteiger partial charge in [0.2, 0.25) is 5.91 Å². The predicted molar refractivity (Wildman–Crippen MR) is 128 cm³/mol. The number of fused-ring (bicyclic) bond motifs is 1. The second kappa shape index (κ2) is 8.87. The van der Waals surface area contributed by atoms with Gasteiger partial charge in [0.15, 0.2) is 5.84 Å². The Morgan fingerprint density at radius 2 is 1.62 bits per heavy atom. The Bertz CT molecular complexity index is 1250. The van der Waals surface area contributed by atoms with Crippen molar-refractivity contribution in [1.82, 2.24) is 14.7 Å². The van der Waals surface area contributed by atoms with Gasteiger partial charge in [0.05, 0.1) is 0 Å². The lowest BCUT2D eigenvalue weighted by molar-refractivity contribution is -0.136. The molecule has 0 radical (unpaired) electrons. The van der Waals surface area contributed by atoms with Gasteiger partial charge in [-0.25, -0.2) is 0 Å². The summed E-state index contributed by atoms with van der Waals surface area (Å²) in [5.74, 6) is 0.330. The van der Waals surface area contributed by atoms with Crippen LogP contribution in [0.2, 0.25) is 0 Å². The maximum absolute atomic E-state index is 13.4. The molecule has 5 rings (SSSR count). The molecule has 2 aromatic rings. The lowest BCUT2D eigenvalue weighted by Gasteiger charge is -2.37. The first kappa shape index (κ1) is 22.6. The Hall–Kier alpha value is -3.20. The zero-order valence-electron chi connectivity index (χ0n) is 19.2. The molecule has 178 valence electrons. The average Bonchev–Trinajstić information content (AvgIpc) is 3.46. The molecule has 34 heavy (non-hydrogen) atoms. The molecule has 2 fully saturated rings. The summed E-state index contributed by atoms with van der Waals surface area (Å²) >= 11 is 0. The molecule has 0 aromatic heterocycles. The molecule has 0 N–H and O–H groups in total. The summed E-state index contributed by atoms with van der Waals surface area (Å²) in [5, 5.41) is 0. The highest BCUT2D eigenvalue weighted by molar-refractivity contribution is 7.90. The summed E-state index contributed by atoms with van der Waals surface area (Å²) in [4.78, 5) is 31.9. The summed E-state index contributed by atoms with van der Waals surface area (Å²) in [6, 6.07) is 14.0. The molecule has 3 heterocycles. The topological polar surface area (TPSA) is 90.4 Å². The van der Waals surface area contributed by atoms with Crippen molar-refractivity contribution in [3.05, 3.63) is 65.2 Å². The molecule has 0 spiro atoms. The standard InChI is InChI=1S/C25H28N4O4S/c1-2-18-9-11-19(12-10-18)24(30)27-14-16-28(17-15-27)25(31)21-7-5-13-29(21)23-20-6-3-4-8-22(20)34(32,33)26-23/h3-4,6,8-12,21H,2,5,7,13-17H2,1H3/t21-/m0/s1. The summed E-state index contributed by atoms with van der Waals surface area (Å²) in [7, 11) is -3.74. The van der Waals surface area contributed by atoms with Gasteiger partial charge in [0.25, 0.3) is 15.9 Å². The summed E-state index contributed by atoms with van der Waals surface area (Å²) < 4.78 is 29.0. The number of benzene rings is 2. The molecular weight excluding hydrogens is 452 g/mol. The van der Waals surface area contributed by atoms with Gasteiger partial charge in [-0.05, 0) is 49.1 Å². The minimum absolute atomic E-state index is 0.0145. The van der Waals surface area contributed by atoms with Crippen molar-refractivity contribution in [2.75, 3.05) is 32.7 Å². The highest BCUT2D eigenvalue weighted by Gasteiger charge is 2.41. The third-order valence-electron chi connectivity index (χ3n) is 6.91. The van der Waals surface area contributed by atoms with E-state index in [9.17, 15) is 18.0 Å². The van der Waals surface area contributed by atoms with Gasteiger partial charge in [-0.3, -0.25) is 9.59 Å². The molecule has 9 heteroatoms. The number of sulfonamides is 1. The maximum atomic E-state index is 13.4. The van der Waals surface area contributed by atoms with Gasteiger partial charge in [-0.1, -0.05) is 31.2 Å². The van der Waals surface area contributed by atoms with Crippen LogP contribution in [0.4, 0.5) is 0 Å². The summed E-state index contributed by atoms with van der Waals surface area (Å²) in [6.45, 7) is 4.55. The van der Waals surface area contributed by atoms with Crippen LogP contribution in [0.3, 0.4) is 0 Å². The van der Waals surface area contributed by atoms with Crippen LogP contribution in [0.5, 0.6) is 0 Å². The number of amides is 2. The third kappa shape index (κ3) is 3.98. The van der Waals surface area contributed by atoms with Crippen molar-refractivity contribution in [2.24, 2.45) is 4.40 Å². The Balaban J connectivity index is 1.26. The number of rotatable bonds is 3. The Kier molecular flexibility index (Phi) is 5.89. The number of carbonyl (C=O) groups excluding carboxylic acids is 2. The van der Waals surface area contributed by atoms with Gasteiger partial charge in [-0.2, -0.15) is 8.42 Å². The Morgan fingerprint density at radius 1 is 0.941 bits per heavy atom. The van der Waals surface area contributed by atoms with E-state index in [0.29, 0.717) is 56.1 Å². The first-order chi connectivity index (χ1) is 16.4. The smallest absolute Gasteiger partial charge is 0.285 e. The highest BCUT2D eigenvalue weighted by Crippen LogP contribution is 2.31. The van der Waals surface area contributed by atoms with E-state index in [4.69, 9.17) is 0 Å². The second-order valence-corrected chi connectivity index (χ2v) is 10.5. The average molecular weight is 481 g/mol. The van der Waals surface area contributed by atoms with Crippen molar-refractivity contribution in [3.8, 4) is 0 Å². The van der Waals surface area contributed by atoms with Gasteiger partial charge in [0.1, 0.15) is 10.9 Å². The number of piperazine rings is 1. The molecule has 1 atom stereocenters. The summed E-state index contributed by atoms with van der Waals surface area (Å²) in [5.41, 5.74) is 2.42. The Labute approximate surface area is 199 Å². The van der Waals surface area contributed by atoms with Crippen LogP contribution in [-0.4, -0.2) is 79.5 Å². The number of likely N-dealkylation sites (tertiary alicyclic amines) is 1. The van der Waals surface area contributed by atoms with Crippen molar-refractivity contribution in [2.45, 2.75) is 37.1 Å². The van der Waals surface area contributed by atoms with Crippen LogP contribution in [0, 0.1) is 0 Å². The molecule has 0 saturated carbocycles. The normalized spacial score (nSPS) is 21.4. The molecule has 2 saturated heterocycles. The van der Waals surface area contributed by atoms with Crippen molar-refractivity contribution >= 4 is 27.7 Å².